The van der Waals surface area contributed by atoms with Crippen LogP contribution in [0.3, 0.4) is 0 Å². The highest BCUT2D eigenvalue weighted by Crippen LogP contribution is 2.13. The largest absolute Gasteiger partial charge is 0.322 e. The van der Waals surface area contributed by atoms with Crippen LogP contribution < -0.4 is 10.6 Å². The number of anilines is 2. The molecule has 0 unspecified atom stereocenters. The third-order valence-electron chi connectivity index (χ3n) is 3.84. The molecular weight excluding hydrogens is 340 g/mol. The maximum absolute atomic E-state index is 12.4. The lowest BCUT2D eigenvalue weighted by Gasteiger charge is -2.08. The Hall–Kier alpha value is -3.98. The molecule has 0 spiro atoms. The molecule has 0 aliphatic rings. The van der Waals surface area contributed by atoms with E-state index in [1.165, 1.54) is 18.3 Å². The molecule has 132 valence electrons. The number of amides is 2. The second-order valence-electron chi connectivity index (χ2n) is 5.89. The standard InChI is InChI=1S/C21H16N4O2/c1-14-2-6-17(7-3-14)25-21(27)19-12-16(10-11-23-19)20(26)24-18-8-4-15(13-22)5-9-18/h2-12H,1H3,(H,24,26)(H,25,27). The minimum atomic E-state index is -0.396. The predicted octanol–water partition coefficient (Wildman–Crippen LogP) is 3.77. The van der Waals surface area contributed by atoms with Crippen molar-refractivity contribution in [3.63, 3.8) is 0 Å². The summed E-state index contributed by atoms with van der Waals surface area (Å²) < 4.78 is 0. The van der Waals surface area contributed by atoms with E-state index in [4.69, 9.17) is 5.26 Å². The van der Waals surface area contributed by atoms with Gasteiger partial charge in [0.25, 0.3) is 11.8 Å². The van der Waals surface area contributed by atoms with Crippen LogP contribution in [0.1, 0.15) is 32.0 Å². The van der Waals surface area contributed by atoms with E-state index in [-0.39, 0.29) is 11.6 Å². The number of nitriles is 1. The Balaban J connectivity index is 1.71. The second-order valence-corrected chi connectivity index (χ2v) is 5.89. The third-order valence-corrected chi connectivity index (χ3v) is 3.84. The van der Waals surface area contributed by atoms with Crippen LogP contribution in [0.5, 0.6) is 0 Å². The number of carbonyl (C=O) groups excluding carboxylic acids is 2. The van der Waals surface area contributed by atoms with Gasteiger partial charge in [0.15, 0.2) is 0 Å². The zero-order valence-electron chi connectivity index (χ0n) is 14.6. The molecule has 2 aromatic carbocycles. The number of nitrogens with zero attached hydrogens (tertiary/aromatic N) is 2. The van der Waals surface area contributed by atoms with Crippen LogP contribution >= 0.6 is 0 Å². The van der Waals surface area contributed by atoms with Crippen molar-refractivity contribution >= 4 is 23.2 Å². The van der Waals surface area contributed by atoms with Crippen molar-refractivity contribution in [3.8, 4) is 6.07 Å². The van der Waals surface area contributed by atoms with E-state index >= 15 is 0 Å². The summed E-state index contributed by atoms with van der Waals surface area (Å²) in [6.07, 6.45) is 1.41. The number of benzene rings is 2. The highest BCUT2D eigenvalue weighted by Gasteiger charge is 2.12. The lowest BCUT2D eigenvalue weighted by atomic mass is 10.2. The van der Waals surface area contributed by atoms with E-state index in [0.29, 0.717) is 22.5 Å². The summed E-state index contributed by atoms with van der Waals surface area (Å²) in [5.41, 5.74) is 3.26. The lowest BCUT2D eigenvalue weighted by molar-refractivity contribution is 0.102. The maximum Gasteiger partial charge on any atom is 0.274 e. The summed E-state index contributed by atoms with van der Waals surface area (Å²) in [5.74, 6) is -0.765. The van der Waals surface area contributed by atoms with Crippen LogP contribution in [0.15, 0.2) is 66.9 Å². The number of rotatable bonds is 4. The minimum absolute atomic E-state index is 0.142. The van der Waals surface area contributed by atoms with Crippen molar-refractivity contribution in [3.05, 3.63) is 89.2 Å². The van der Waals surface area contributed by atoms with Gasteiger partial charge in [0, 0.05) is 23.1 Å². The first-order valence-corrected chi connectivity index (χ1v) is 8.21. The van der Waals surface area contributed by atoms with Crippen LogP contribution in [-0.4, -0.2) is 16.8 Å². The summed E-state index contributed by atoms with van der Waals surface area (Å²) >= 11 is 0. The van der Waals surface area contributed by atoms with Gasteiger partial charge in [-0.2, -0.15) is 5.26 Å². The van der Waals surface area contributed by atoms with Crippen LogP contribution in [0.25, 0.3) is 0 Å². The monoisotopic (exact) mass is 356 g/mol. The normalized spacial score (nSPS) is 9.93. The molecule has 6 heteroatoms. The van der Waals surface area contributed by atoms with Gasteiger partial charge in [-0.3, -0.25) is 14.6 Å². The van der Waals surface area contributed by atoms with Crippen LogP contribution in [-0.2, 0) is 0 Å². The highest BCUT2D eigenvalue weighted by molar-refractivity contribution is 6.07. The molecule has 2 N–H and O–H groups in total. The van der Waals surface area contributed by atoms with Crippen LogP contribution in [0, 0.1) is 18.3 Å². The van der Waals surface area contributed by atoms with Gasteiger partial charge in [0.2, 0.25) is 0 Å². The maximum atomic E-state index is 12.4. The predicted molar refractivity (Wildman–Crippen MR) is 102 cm³/mol. The fourth-order valence-electron chi connectivity index (χ4n) is 2.36. The van der Waals surface area contributed by atoms with Gasteiger partial charge in [-0.15, -0.1) is 0 Å². The van der Waals surface area contributed by atoms with Crippen molar-refractivity contribution in [1.29, 1.82) is 5.26 Å². The Morgan fingerprint density at radius 2 is 1.48 bits per heavy atom. The Bertz CT molecular complexity index is 1020. The van der Waals surface area contributed by atoms with E-state index in [2.05, 4.69) is 15.6 Å². The second kappa shape index (κ2) is 7.93. The van der Waals surface area contributed by atoms with E-state index in [9.17, 15) is 9.59 Å². The fraction of sp³-hybridized carbons (Fsp3) is 0.0476. The molecule has 27 heavy (non-hydrogen) atoms. The molecule has 3 aromatic rings. The third kappa shape index (κ3) is 4.55. The van der Waals surface area contributed by atoms with E-state index in [0.717, 1.165) is 5.56 Å². The smallest absolute Gasteiger partial charge is 0.274 e. The van der Waals surface area contributed by atoms with Gasteiger partial charge in [-0.1, -0.05) is 17.7 Å². The summed E-state index contributed by atoms with van der Waals surface area (Å²) in [6, 6.07) is 18.9. The minimum Gasteiger partial charge on any atom is -0.322 e. The average molecular weight is 356 g/mol. The summed E-state index contributed by atoms with van der Waals surface area (Å²) in [7, 11) is 0. The number of nitrogens with one attached hydrogen (secondary N) is 2. The number of hydrogen-bond acceptors (Lipinski definition) is 4. The van der Waals surface area contributed by atoms with E-state index in [1.54, 1.807) is 36.4 Å². The Kier molecular flexibility index (Phi) is 5.24. The molecule has 6 nitrogen and oxygen atoms in total. The van der Waals surface area contributed by atoms with Crippen molar-refractivity contribution in [2.24, 2.45) is 0 Å². The molecule has 0 aliphatic heterocycles. The zero-order chi connectivity index (χ0) is 19.2. The Morgan fingerprint density at radius 1 is 0.889 bits per heavy atom. The number of pyridine rings is 1. The number of aryl methyl sites for hydroxylation is 1. The van der Waals surface area contributed by atoms with Gasteiger partial charge >= 0.3 is 0 Å². The van der Waals surface area contributed by atoms with E-state index < -0.39 is 5.91 Å². The van der Waals surface area contributed by atoms with Crippen molar-refractivity contribution in [1.82, 2.24) is 4.98 Å². The van der Waals surface area contributed by atoms with E-state index in [1.807, 2.05) is 25.1 Å². The summed E-state index contributed by atoms with van der Waals surface area (Å²) in [6.45, 7) is 1.96. The molecule has 0 saturated carbocycles. The van der Waals surface area contributed by atoms with Crippen molar-refractivity contribution in [2.45, 2.75) is 6.92 Å². The van der Waals surface area contributed by atoms with Crippen molar-refractivity contribution < 1.29 is 9.59 Å². The molecule has 2 amide bonds. The van der Waals surface area contributed by atoms with Gasteiger partial charge in [0.1, 0.15) is 5.69 Å². The zero-order valence-corrected chi connectivity index (χ0v) is 14.6. The highest BCUT2D eigenvalue weighted by atomic mass is 16.2. The number of aromatic nitrogens is 1. The molecule has 1 heterocycles. The number of carbonyl (C=O) groups is 2. The lowest BCUT2D eigenvalue weighted by Crippen LogP contribution is -2.17. The van der Waals surface area contributed by atoms with Crippen LogP contribution in [0.4, 0.5) is 11.4 Å². The summed E-state index contributed by atoms with van der Waals surface area (Å²) in [5, 5.41) is 14.3. The van der Waals surface area contributed by atoms with Gasteiger partial charge in [0.05, 0.1) is 11.6 Å². The molecule has 0 bridgehead atoms. The first-order valence-electron chi connectivity index (χ1n) is 8.21. The quantitative estimate of drug-likeness (QED) is 0.744. The molecule has 0 saturated heterocycles. The first kappa shape index (κ1) is 17.8. The summed E-state index contributed by atoms with van der Waals surface area (Å²) in [4.78, 5) is 28.8. The average Bonchev–Trinajstić information content (AvgIpc) is 2.70. The molecule has 0 aliphatic carbocycles. The molecule has 3 rings (SSSR count). The van der Waals surface area contributed by atoms with Gasteiger partial charge in [-0.25, -0.2) is 0 Å². The molecular formula is C21H16N4O2. The van der Waals surface area contributed by atoms with Crippen LogP contribution in [0.2, 0.25) is 0 Å². The first-order chi connectivity index (χ1) is 13.0. The number of hydrogen-bond donors (Lipinski definition) is 2. The van der Waals surface area contributed by atoms with Gasteiger partial charge in [-0.05, 0) is 55.5 Å². The van der Waals surface area contributed by atoms with Gasteiger partial charge < -0.3 is 10.6 Å². The molecule has 0 atom stereocenters. The Labute approximate surface area is 156 Å². The molecule has 1 aromatic heterocycles. The molecule has 0 fully saturated rings. The fourth-order valence-corrected chi connectivity index (χ4v) is 2.36. The SMILES string of the molecule is Cc1ccc(NC(=O)c2cc(C(=O)Nc3ccc(C#N)cc3)ccn2)cc1. The van der Waals surface area contributed by atoms with Crippen molar-refractivity contribution in [2.75, 3.05) is 10.6 Å². The molecule has 0 radical (unpaired) electrons. The topological polar surface area (TPSA) is 94.9 Å². The Morgan fingerprint density at radius 3 is 2.11 bits per heavy atom.